The van der Waals surface area contributed by atoms with Gasteiger partial charge in [-0.2, -0.15) is 0 Å². The monoisotopic (exact) mass is 275 g/mol. The minimum Gasteiger partial charge on any atom is -0.398 e. The first-order chi connectivity index (χ1) is 9.09. The fourth-order valence-electron chi connectivity index (χ4n) is 1.70. The molecule has 0 atom stereocenters. The van der Waals surface area contributed by atoms with Crippen molar-refractivity contribution < 1.29 is 4.79 Å². The molecule has 0 bridgehead atoms. The smallest absolute Gasteiger partial charge is 0.253 e. The zero-order valence-electron chi connectivity index (χ0n) is 10.5. The highest BCUT2D eigenvalue weighted by Gasteiger charge is 2.11. The number of amides is 1. The number of halogens is 1. The number of anilines is 1. The first-order valence-corrected chi connectivity index (χ1v) is 6.19. The number of carbonyl (C=O) groups is 1. The van der Waals surface area contributed by atoms with Gasteiger partial charge in [0.15, 0.2) is 0 Å². The van der Waals surface area contributed by atoms with Crippen LogP contribution in [-0.4, -0.2) is 10.9 Å². The van der Waals surface area contributed by atoms with Crippen molar-refractivity contribution in [2.45, 2.75) is 13.5 Å². The van der Waals surface area contributed by atoms with Crippen LogP contribution in [0.3, 0.4) is 0 Å². The number of pyridine rings is 1. The van der Waals surface area contributed by atoms with Gasteiger partial charge >= 0.3 is 0 Å². The fourth-order valence-corrected chi connectivity index (χ4v) is 1.91. The summed E-state index contributed by atoms with van der Waals surface area (Å²) in [4.78, 5) is 16.0. The summed E-state index contributed by atoms with van der Waals surface area (Å²) in [6.07, 6.45) is 3.46. The summed E-state index contributed by atoms with van der Waals surface area (Å²) in [5.74, 6) is -0.242. The van der Waals surface area contributed by atoms with Crippen LogP contribution in [-0.2, 0) is 6.54 Å². The normalized spacial score (nSPS) is 10.2. The number of nitrogens with zero attached hydrogens (tertiary/aromatic N) is 1. The topological polar surface area (TPSA) is 68.0 Å². The first-order valence-electron chi connectivity index (χ1n) is 5.81. The van der Waals surface area contributed by atoms with Gasteiger partial charge < -0.3 is 11.1 Å². The van der Waals surface area contributed by atoms with Crippen molar-refractivity contribution in [2.75, 3.05) is 5.73 Å². The van der Waals surface area contributed by atoms with E-state index in [0.29, 0.717) is 17.8 Å². The largest absolute Gasteiger partial charge is 0.398 e. The molecule has 0 saturated heterocycles. The van der Waals surface area contributed by atoms with Gasteiger partial charge in [-0.3, -0.25) is 9.78 Å². The van der Waals surface area contributed by atoms with Crippen molar-refractivity contribution in [1.29, 1.82) is 0 Å². The van der Waals surface area contributed by atoms with E-state index < -0.39 is 0 Å². The van der Waals surface area contributed by atoms with Gasteiger partial charge in [-0.25, -0.2) is 0 Å². The molecule has 0 aliphatic heterocycles. The lowest BCUT2D eigenvalue weighted by molar-refractivity contribution is 0.0951. The quantitative estimate of drug-likeness (QED) is 0.846. The molecule has 2 rings (SSSR count). The number of nitrogen functional groups attached to an aromatic ring is 1. The molecule has 98 valence electrons. The first kappa shape index (κ1) is 13.4. The Hall–Kier alpha value is -2.07. The molecule has 19 heavy (non-hydrogen) atoms. The number of benzene rings is 1. The third-order valence-electron chi connectivity index (χ3n) is 2.85. The highest BCUT2D eigenvalue weighted by Crippen LogP contribution is 2.22. The van der Waals surface area contributed by atoms with E-state index in [4.69, 9.17) is 17.3 Å². The molecule has 1 heterocycles. The highest BCUT2D eigenvalue weighted by atomic mass is 35.5. The lowest BCUT2D eigenvalue weighted by atomic mass is 10.1. The number of aromatic nitrogens is 1. The lowest BCUT2D eigenvalue weighted by Crippen LogP contribution is -2.23. The van der Waals surface area contributed by atoms with E-state index in [-0.39, 0.29) is 10.9 Å². The maximum Gasteiger partial charge on any atom is 0.253 e. The van der Waals surface area contributed by atoms with E-state index >= 15 is 0 Å². The van der Waals surface area contributed by atoms with Gasteiger partial charge in [0, 0.05) is 18.9 Å². The molecular formula is C14H14ClN3O. The number of aryl methyl sites for hydroxylation is 1. The van der Waals surface area contributed by atoms with Gasteiger partial charge in [0.25, 0.3) is 5.91 Å². The Bertz CT molecular complexity index is 613. The summed E-state index contributed by atoms with van der Waals surface area (Å²) in [5.41, 5.74) is 8.50. The van der Waals surface area contributed by atoms with Crippen LogP contribution >= 0.6 is 11.6 Å². The van der Waals surface area contributed by atoms with Crippen molar-refractivity contribution in [1.82, 2.24) is 10.3 Å². The molecule has 1 amide bonds. The Labute approximate surface area is 116 Å². The molecule has 0 aliphatic carbocycles. The second kappa shape index (κ2) is 5.71. The zero-order chi connectivity index (χ0) is 13.8. The molecule has 5 heteroatoms. The summed E-state index contributed by atoms with van der Waals surface area (Å²) in [6.45, 7) is 2.38. The number of hydrogen-bond acceptors (Lipinski definition) is 3. The van der Waals surface area contributed by atoms with E-state index in [1.165, 1.54) is 0 Å². The van der Waals surface area contributed by atoms with Crippen LogP contribution in [0.1, 0.15) is 21.5 Å². The molecule has 0 spiro atoms. The zero-order valence-corrected chi connectivity index (χ0v) is 11.2. The number of rotatable bonds is 3. The minimum atomic E-state index is -0.242. The summed E-state index contributed by atoms with van der Waals surface area (Å²) < 4.78 is 0. The van der Waals surface area contributed by atoms with Crippen molar-refractivity contribution in [2.24, 2.45) is 0 Å². The predicted octanol–water partition coefficient (Wildman–Crippen LogP) is 2.56. The molecule has 0 saturated carbocycles. The van der Waals surface area contributed by atoms with Crippen molar-refractivity contribution in [3.63, 3.8) is 0 Å². The molecule has 1 aromatic heterocycles. The summed E-state index contributed by atoms with van der Waals surface area (Å²) in [6, 6.07) is 6.88. The standard InChI is InChI=1S/C14H14ClN3O/c1-9-7-17-6-5-10(9)8-18-14(19)11-3-2-4-12(16)13(11)15/h2-7H,8,16H2,1H3,(H,18,19). The van der Waals surface area contributed by atoms with E-state index in [2.05, 4.69) is 10.3 Å². The number of nitrogens with two attached hydrogens (primary N) is 1. The maximum absolute atomic E-state index is 12.0. The average Bonchev–Trinajstić information content (AvgIpc) is 2.40. The molecule has 2 aromatic rings. The van der Waals surface area contributed by atoms with Crippen molar-refractivity contribution >= 4 is 23.2 Å². The van der Waals surface area contributed by atoms with Gasteiger partial charge in [-0.1, -0.05) is 17.7 Å². The third kappa shape index (κ3) is 3.03. The Morgan fingerprint density at radius 3 is 2.95 bits per heavy atom. The van der Waals surface area contributed by atoms with E-state index in [1.807, 2.05) is 13.0 Å². The molecule has 3 N–H and O–H groups in total. The van der Waals surface area contributed by atoms with Crippen LogP contribution < -0.4 is 11.1 Å². The Morgan fingerprint density at radius 2 is 2.21 bits per heavy atom. The van der Waals surface area contributed by atoms with Crippen LogP contribution in [0, 0.1) is 6.92 Å². The van der Waals surface area contributed by atoms with Gasteiger partial charge in [0.1, 0.15) is 0 Å². The Morgan fingerprint density at radius 1 is 1.42 bits per heavy atom. The van der Waals surface area contributed by atoms with Gasteiger partial charge in [0.2, 0.25) is 0 Å². The van der Waals surface area contributed by atoms with Crippen molar-refractivity contribution in [3.8, 4) is 0 Å². The molecule has 4 nitrogen and oxygen atoms in total. The van der Waals surface area contributed by atoms with E-state index in [1.54, 1.807) is 30.6 Å². The summed E-state index contributed by atoms with van der Waals surface area (Å²) in [5, 5.41) is 3.10. The van der Waals surface area contributed by atoms with Crippen LogP contribution in [0.15, 0.2) is 36.7 Å². The molecule has 0 aliphatic rings. The molecule has 0 fully saturated rings. The summed E-state index contributed by atoms with van der Waals surface area (Å²) >= 11 is 6.01. The van der Waals surface area contributed by atoms with Crippen LogP contribution in [0.5, 0.6) is 0 Å². The van der Waals surface area contributed by atoms with Crippen LogP contribution in [0.2, 0.25) is 5.02 Å². The minimum absolute atomic E-state index is 0.242. The third-order valence-corrected chi connectivity index (χ3v) is 3.27. The van der Waals surface area contributed by atoms with Gasteiger partial charge in [0.05, 0.1) is 16.3 Å². The van der Waals surface area contributed by atoms with Crippen LogP contribution in [0.25, 0.3) is 0 Å². The highest BCUT2D eigenvalue weighted by molar-refractivity contribution is 6.36. The fraction of sp³-hybridized carbons (Fsp3) is 0.143. The molecule has 0 radical (unpaired) electrons. The predicted molar refractivity (Wildman–Crippen MR) is 76.0 cm³/mol. The average molecular weight is 276 g/mol. The maximum atomic E-state index is 12.0. The van der Waals surface area contributed by atoms with Crippen LogP contribution in [0.4, 0.5) is 5.69 Å². The second-order valence-electron chi connectivity index (χ2n) is 4.19. The lowest BCUT2D eigenvalue weighted by Gasteiger charge is -2.09. The van der Waals surface area contributed by atoms with Gasteiger partial charge in [-0.15, -0.1) is 0 Å². The second-order valence-corrected chi connectivity index (χ2v) is 4.57. The number of carbonyl (C=O) groups excluding carboxylic acids is 1. The van der Waals surface area contributed by atoms with E-state index in [9.17, 15) is 4.79 Å². The Balaban J connectivity index is 2.10. The Kier molecular flexibility index (Phi) is 4.02. The molecule has 1 aromatic carbocycles. The van der Waals surface area contributed by atoms with E-state index in [0.717, 1.165) is 11.1 Å². The SMILES string of the molecule is Cc1cnccc1CNC(=O)c1cccc(N)c1Cl. The number of hydrogen-bond donors (Lipinski definition) is 2. The van der Waals surface area contributed by atoms with Gasteiger partial charge in [-0.05, 0) is 36.2 Å². The summed E-state index contributed by atoms with van der Waals surface area (Å²) in [7, 11) is 0. The number of nitrogens with one attached hydrogen (secondary N) is 1. The molecule has 0 unspecified atom stereocenters. The van der Waals surface area contributed by atoms with Crippen molar-refractivity contribution in [3.05, 3.63) is 58.4 Å². The molecular weight excluding hydrogens is 262 g/mol.